The maximum absolute atomic E-state index is 13.1. The predicted molar refractivity (Wildman–Crippen MR) is 104 cm³/mol. The van der Waals surface area contributed by atoms with Gasteiger partial charge in [-0.15, -0.1) is 0 Å². The lowest BCUT2D eigenvalue weighted by molar-refractivity contribution is -0.118. The molecule has 6 nitrogen and oxygen atoms in total. The van der Waals surface area contributed by atoms with Crippen LogP contribution in [0, 0.1) is 0 Å². The van der Waals surface area contributed by atoms with E-state index < -0.39 is 15.9 Å². The normalized spacial score (nSPS) is 17.5. The molecule has 0 saturated carbocycles. The summed E-state index contributed by atoms with van der Waals surface area (Å²) in [6, 6.07) is 13.7. The Kier molecular flexibility index (Phi) is 5.51. The number of hydrogen-bond donors (Lipinski definition) is 0. The number of sulfone groups is 1. The molecule has 0 spiro atoms. The molecule has 7 heteroatoms. The van der Waals surface area contributed by atoms with Crippen LogP contribution in [-0.2, 0) is 21.1 Å². The summed E-state index contributed by atoms with van der Waals surface area (Å²) in [6.45, 7) is 0. The highest BCUT2D eigenvalue weighted by molar-refractivity contribution is 7.94. The zero-order valence-corrected chi connectivity index (χ0v) is 16.0. The lowest BCUT2D eigenvalue weighted by Crippen LogP contribution is -2.42. The van der Waals surface area contributed by atoms with Crippen molar-refractivity contribution in [1.29, 1.82) is 0 Å². The number of rotatable bonds is 6. The SMILES string of the molecule is COc1ccc(CC(=O)N(c2ccc(OC)cc2)[C@@H]2C=CS(=O)(=O)C2)cc1. The maximum Gasteiger partial charge on any atom is 0.231 e. The average molecular weight is 387 g/mol. The van der Waals surface area contributed by atoms with Crippen LogP contribution in [0.3, 0.4) is 0 Å². The molecule has 2 aromatic carbocycles. The largest absolute Gasteiger partial charge is 0.497 e. The van der Waals surface area contributed by atoms with E-state index in [1.54, 1.807) is 56.7 Å². The first-order chi connectivity index (χ1) is 12.9. The highest BCUT2D eigenvalue weighted by Crippen LogP contribution is 2.26. The van der Waals surface area contributed by atoms with Crippen molar-refractivity contribution >= 4 is 21.4 Å². The molecule has 0 aliphatic carbocycles. The number of benzene rings is 2. The van der Waals surface area contributed by atoms with Gasteiger partial charge < -0.3 is 14.4 Å². The molecule has 1 aliphatic rings. The molecular weight excluding hydrogens is 366 g/mol. The van der Waals surface area contributed by atoms with Gasteiger partial charge in [-0.2, -0.15) is 0 Å². The minimum atomic E-state index is -3.29. The second kappa shape index (κ2) is 7.84. The quantitative estimate of drug-likeness (QED) is 0.762. The van der Waals surface area contributed by atoms with Gasteiger partial charge in [-0.05, 0) is 48.0 Å². The maximum atomic E-state index is 13.1. The van der Waals surface area contributed by atoms with Gasteiger partial charge in [-0.25, -0.2) is 8.42 Å². The molecule has 0 aromatic heterocycles. The van der Waals surface area contributed by atoms with Crippen LogP contribution in [0.4, 0.5) is 5.69 Å². The predicted octanol–water partition coefficient (Wildman–Crippen LogP) is 2.59. The average Bonchev–Trinajstić information content (AvgIpc) is 3.02. The molecule has 1 atom stereocenters. The van der Waals surface area contributed by atoms with Crippen LogP contribution >= 0.6 is 0 Å². The number of methoxy groups -OCH3 is 2. The Morgan fingerprint density at radius 1 is 1.00 bits per heavy atom. The van der Waals surface area contributed by atoms with Gasteiger partial charge in [0.2, 0.25) is 5.91 Å². The molecule has 1 aliphatic heterocycles. The van der Waals surface area contributed by atoms with Crippen molar-refractivity contribution in [3.63, 3.8) is 0 Å². The van der Waals surface area contributed by atoms with Crippen LogP contribution < -0.4 is 14.4 Å². The lowest BCUT2D eigenvalue weighted by Gasteiger charge is -2.28. The third-order valence-electron chi connectivity index (χ3n) is 4.38. The van der Waals surface area contributed by atoms with Crippen LogP contribution in [0.2, 0.25) is 0 Å². The summed E-state index contributed by atoms with van der Waals surface area (Å²) < 4.78 is 34.0. The molecule has 0 radical (unpaired) electrons. The highest BCUT2D eigenvalue weighted by Gasteiger charge is 2.31. The van der Waals surface area contributed by atoms with Gasteiger partial charge in [0.15, 0.2) is 9.84 Å². The minimum Gasteiger partial charge on any atom is -0.497 e. The zero-order valence-electron chi connectivity index (χ0n) is 15.2. The van der Waals surface area contributed by atoms with E-state index >= 15 is 0 Å². The van der Waals surface area contributed by atoms with Crippen molar-refractivity contribution in [1.82, 2.24) is 0 Å². The lowest BCUT2D eigenvalue weighted by atomic mass is 10.1. The molecule has 27 heavy (non-hydrogen) atoms. The van der Waals surface area contributed by atoms with Crippen molar-refractivity contribution in [2.75, 3.05) is 24.9 Å². The monoisotopic (exact) mass is 387 g/mol. The molecule has 0 fully saturated rings. The van der Waals surface area contributed by atoms with E-state index in [4.69, 9.17) is 9.47 Å². The van der Waals surface area contributed by atoms with E-state index in [9.17, 15) is 13.2 Å². The molecule has 1 amide bonds. The molecule has 0 N–H and O–H groups in total. The summed E-state index contributed by atoms with van der Waals surface area (Å²) >= 11 is 0. The van der Waals surface area contributed by atoms with Crippen molar-refractivity contribution in [2.45, 2.75) is 12.5 Å². The summed E-state index contributed by atoms with van der Waals surface area (Å²) in [6.07, 6.45) is 1.71. The number of amides is 1. The van der Waals surface area contributed by atoms with E-state index in [0.717, 1.165) is 5.56 Å². The molecule has 0 bridgehead atoms. The molecule has 1 heterocycles. The Morgan fingerprint density at radius 3 is 2.04 bits per heavy atom. The van der Waals surface area contributed by atoms with Crippen LogP contribution in [0.1, 0.15) is 5.56 Å². The Balaban J connectivity index is 1.88. The summed E-state index contributed by atoms with van der Waals surface area (Å²) in [5, 5.41) is 1.18. The van der Waals surface area contributed by atoms with Gasteiger partial charge >= 0.3 is 0 Å². The van der Waals surface area contributed by atoms with Crippen LogP contribution in [0.25, 0.3) is 0 Å². The first-order valence-electron chi connectivity index (χ1n) is 8.42. The van der Waals surface area contributed by atoms with Crippen LogP contribution in [0.15, 0.2) is 60.0 Å². The number of carbonyl (C=O) groups excluding carboxylic acids is 1. The molecule has 142 valence electrons. The topological polar surface area (TPSA) is 72.9 Å². The second-order valence-corrected chi connectivity index (χ2v) is 8.14. The summed E-state index contributed by atoms with van der Waals surface area (Å²) in [5.74, 6) is 1.07. The minimum absolute atomic E-state index is 0.118. The number of ether oxygens (including phenoxy) is 2. The van der Waals surface area contributed by atoms with Gasteiger partial charge in [0.05, 0.1) is 32.4 Å². The van der Waals surface area contributed by atoms with Gasteiger partial charge in [0.25, 0.3) is 0 Å². The third kappa shape index (κ3) is 4.49. The number of hydrogen-bond acceptors (Lipinski definition) is 5. The Morgan fingerprint density at radius 2 is 1.56 bits per heavy atom. The van der Waals surface area contributed by atoms with E-state index in [1.807, 2.05) is 12.1 Å². The van der Waals surface area contributed by atoms with Crippen molar-refractivity contribution in [3.05, 3.63) is 65.6 Å². The van der Waals surface area contributed by atoms with Crippen molar-refractivity contribution in [2.24, 2.45) is 0 Å². The Bertz CT molecular complexity index is 933. The van der Waals surface area contributed by atoms with E-state index in [-0.39, 0.29) is 18.1 Å². The van der Waals surface area contributed by atoms with Gasteiger partial charge in [0, 0.05) is 11.1 Å². The second-order valence-electron chi connectivity index (χ2n) is 6.21. The van der Waals surface area contributed by atoms with Gasteiger partial charge in [0.1, 0.15) is 11.5 Å². The van der Waals surface area contributed by atoms with Crippen LogP contribution in [0.5, 0.6) is 11.5 Å². The standard InChI is InChI=1S/C20H21NO5S/c1-25-18-7-3-15(4-8-18)13-20(22)21(17-11-12-27(23,24)14-17)16-5-9-19(26-2)10-6-16/h3-12,17H,13-14H2,1-2H3/t17-/m1/s1. The zero-order chi connectivity index (χ0) is 19.4. The molecule has 0 saturated heterocycles. The van der Waals surface area contributed by atoms with E-state index in [1.165, 1.54) is 10.3 Å². The third-order valence-corrected chi connectivity index (χ3v) is 5.75. The van der Waals surface area contributed by atoms with Gasteiger partial charge in [-0.1, -0.05) is 12.1 Å². The number of nitrogens with zero attached hydrogens (tertiary/aromatic N) is 1. The number of carbonyl (C=O) groups is 1. The van der Waals surface area contributed by atoms with Gasteiger partial charge in [-0.3, -0.25) is 4.79 Å². The van der Waals surface area contributed by atoms with E-state index in [2.05, 4.69) is 0 Å². The van der Waals surface area contributed by atoms with Crippen molar-refractivity contribution in [3.8, 4) is 11.5 Å². The highest BCUT2D eigenvalue weighted by atomic mass is 32.2. The summed E-state index contributed by atoms with van der Waals surface area (Å²) in [4.78, 5) is 14.6. The number of anilines is 1. The molecule has 2 aromatic rings. The molecule has 3 rings (SSSR count). The summed E-state index contributed by atoms with van der Waals surface area (Å²) in [7, 11) is -0.147. The fourth-order valence-electron chi connectivity index (χ4n) is 2.99. The fraction of sp³-hybridized carbons (Fsp3) is 0.250. The smallest absolute Gasteiger partial charge is 0.231 e. The Hall–Kier alpha value is -2.80. The Labute approximate surface area is 158 Å². The molecular formula is C20H21NO5S. The first-order valence-corrected chi connectivity index (χ1v) is 10.1. The van der Waals surface area contributed by atoms with E-state index in [0.29, 0.717) is 17.2 Å². The summed E-state index contributed by atoms with van der Waals surface area (Å²) in [5.41, 5.74) is 1.45. The van der Waals surface area contributed by atoms with Crippen LogP contribution in [-0.4, -0.2) is 40.3 Å². The first kappa shape index (κ1) is 19.0. The van der Waals surface area contributed by atoms with Crippen molar-refractivity contribution < 1.29 is 22.7 Å². The fourth-order valence-corrected chi connectivity index (χ4v) is 4.25. The molecule has 0 unspecified atom stereocenters.